The number of benzene rings is 2. The number of hydrogen-bond acceptors (Lipinski definition) is 4. The van der Waals surface area contributed by atoms with Gasteiger partial charge in [0.05, 0.1) is 20.8 Å². The van der Waals surface area contributed by atoms with E-state index in [9.17, 15) is 4.79 Å². The molecule has 2 aromatic rings. The highest BCUT2D eigenvalue weighted by Crippen LogP contribution is 2.28. The average Bonchev–Trinajstić information content (AvgIpc) is 2.70. The van der Waals surface area contributed by atoms with E-state index >= 15 is 0 Å². The van der Waals surface area contributed by atoms with Crippen molar-refractivity contribution in [2.24, 2.45) is 0 Å². The van der Waals surface area contributed by atoms with Crippen LogP contribution in [-0.2, 0) is 16.9 Å². The van der Waals surface area contributed by atoms with Gasteiger partial charge in [-0.15, -0.1) is 0 Å². The van der Waals surface area contributed by atoms with E-state index in [1.54, 1.807) is 33.5 Å². The summed E-state index contributed by atoms with van der Waals surface area (Å²) in [4.78, 5) is 12.2. The molecular formula is C20H25ClN2O4. The molecule has 0 heterocycles. The van der Waals surface area contributed by atoms with Gasteiger partial charge in [0.1, 0.15) is 5.60 Å². The normalized spacial score (nSPS) is 12.8. The molecule has 2 aromatic carbocycles. The Morgan fingerprint density at radius 2 is 1.78 bits per heavy atom. The highest BCUT2D eigenvalue weighted by Gasteiger charge is 2.27. The van der Waals surface area contributed by atoms with Crippen molar-refractivity contribution in [1.29, 1.82) is 0 Å². The number of amides is 2. The molecule has 0 aliphatic heterocycles. The van der Waals surface area contributed by atoms with Gasteiger partial charge >= 0.3 is 6.03 Å². The molecule has 0 saturated carbocycles. The summed E-state index contributed by atoms with van der Waals surface area (Å²) in [6, 6.07) is 12.6. The predicted molar refractivity (Wildman–Crippen MR) is 106 cm³/mol. The molecule has 6 nitrogen and oxygen atoms in total. The van der Waals surface area contributed by atoms with Crippen LogP contribution in [0.25, 0.3) is 0 Å². The summed E-state index contributed by atoms with van der Waals surface area (Å²) in [6.07, 6.45) is 0. The molecule has 0 fully saturated rings. The van der Waals surface area contributed by atoms with E-state index in [-0.39, 0.29) is 6.03 Å². The van der Waals surface area contributed by atoms with Gasteiger partial charge in [-0.3, -0.25) is 0 Å². The first-order valence-electron chi connectivity index (χ1n) is 8.45. The number of methoxy groups -OCH3 is 3. The maximum atomic E-state index is 12.2. The maximum Gasteiger partial charge on any atom is 0.315 e. The number of rotatable bonds is 8. The standard InChI is InChI=1S/C20H25ClN2O4/c1-20(27-4,15-6-5-7-16(21)11-15)13-23-19(24)22-12-14-8-9-17(25-2)18(10-14)26-3/h5-11H,12-13H2,1-4H3,(H2,22,23,24). The lowest BCUT2D eigenvalue weighted by Crippen LogP contribution is -2.44. The molecule has 27 heavy (non-hydrogen) atoms. The van der Waals surface area contributed by atoms with Crippen LogP contribution in [-0.4, -0.2) is 33.9 Å². The Morgan fingerprint density at radius 3 is 2.41 bits per heavy atom. The summed E-state index contributed by atoms with van der Waals surface area (Å²) in [6.45, 7) is 2.54. The zero-order valence-corrected chi connectivity index (χ0v) is 16.7. The third kappa shape index (κ3) is 5.52. The molecule has 0 spiro atoms. The minimum atomic E-state index is -0.689. The van der Waals surface area contributed by atoms with Gasteiger partial charge in [-0.05, 0) is 42.3 Å². The van der Waals surface area contributed by atoms with Gasteiger partial charge in [0.25, 0.3) is 0 Å². The van der Waals surface area contributed by atoms with Crippen molar-refractivity contribution in [3.8, 4) is 11.5 Å². The second-order valence-electron chi connectivity index (χ2n) is 6.17. The van der Waals surface area contributed by atoms with Crippen LogP contribution in [0.3, 0.4) is 0 Å². The summed E-state index contributed by atoms with van der Waals surface area (Å²) in [5.74, 6) is 1.26. The van der Waals surface area contributed by atoms with Gasteiger partial charge in [0.15, 0.2) is 11.5 Å². The summed E-state index contributed by atoms with van der Waals surface area (Å²) in [7, 11) is 4.75. The molecule has 2 rings (SSSR count). The smallest absolute Gasteiger partial charge is 0.315 e. The van der Waals surface area contributed by atoms with Gasteiger partial charge < -0.3 is 24.8 Å². The van der Waals surface area contributed by atoms with Gasteiger partial charge in [-0.2, -0.15) is 0 Å². The Hall–Kier alpha value is -2.44. The topological polar surface area (TPSA) is 68.8 Å². The number of ether oxygens (including phenoxy) is 3. The summed E-state index contributed by atoms with van der Waals surface area (Å²) >= 11 is 6.06. The lowest BCUT2D eigenvalue weighted by atomic mass is 9.96. The van der Waals surface area contributed by atoms with E-state index in [0.717, 1.165) is 11.1 Å². The highest BCUT2D eigenvalue weighted by atomic mass is 35.5. The monoisotopic (exact) mass is 392 g/mol. The lowest BCUT2D eigenvalue weighted by Gasteiger charge is -2.29. The molecule has 146 valence electrons. The Labute approximate surface area is 164 Å². The molecule has 1 unspecified atom stereocenters. The summed E-state index contributed by atoms with van der Waals surface area (Å²) in [5, 5.41) is 6.28. The zero-order chi connectivity index (χ0) is 19.9. The van der Waals surface area contributed by atoms with Crippen molar-refractivity contribution < 1.29 is 19.0 Å². The van der Waals surface area contributed by atoms with E-state index < -0.39 is 5.60 Å². The van der Waals surface area contributed by atoms with Crippen LogP contribution in [0, 0.1) is 0 Å². The Morgan fingerprint density at radius 1 is 1.04 bits per heavy atom. The number of carbonyl (C=O) groups is 1. The number of carbonyl (C=O) groups excluding carboxylic acids is 1. The van der Waals surface area contributed by atoms with Crippen LogP contribution in [0.4, 0.5) is 4.79 Å². The van der Waals surface area contributed by atoms with Crippen molar-refractivity contribution in [1.82, 2.24) is 10.6 Å². The fourth-order valence-electron chi connectivity index (χ4n) is 2.59. The first kappa shape index (κ1) is 20.9. The van der Waals surface area contributed by atoms with Gasteiger partial charge in [-0.1, -0.05) is 29.8 Å². The van der Waals surface area contributed by atoms with E-state index in [1.807, 2.05) is 37.3 Å². The van der Waals surface area contributed by atoms with Crippen LogP contribution >= 0.6 is 11.6 Å². The molecule has 0 aliphatic carbocycles. The lowest BCUT2D eigenvalue weighted by molar-refractivity contribution is 0.00488. The minimum Gasteiger partial charge on any atom is -0.493 e. The Kier molecular flexibility index (Phi) is 7.33. The van der Waals surface area contributed by atoms with Crippen LogP contribution in [0.2, 0.25) is 5.02 Å². The molecule has 2 amide bonds. The van der Waals surface area contributed by atoms with Crippen LogP contribution < -0.4 is 20.1 Å². The molecule has 0 radical (unpaired) electrons. The second-order valence-corrected chi connectivity index (χ2v) is 6.61. The average molecular weight is 393 g/mol. The predicted octanol–water partition coefficient (Wildman–Crippen LogP) is 3.72. The second kappa shape index (κ2) is 9.48. The summed E-state index contributed by atoms with van der Waals surface area (Å²) < 4.78 is 16.1. The minimum absolute atomic E-state index is 0.293. The van der Waals surface area contributed by atoms with Crippen LogP contribution in [0.5, 0.6) is 11.5 Å². The van der Waals surface area contributed by atoms with Crippen molar-refractivity contribution in [3.63, 3.8) is 0 Å². The number of urea groups is 1. The summed E-state index contributed by atoms with van der Waals surface area (Å²) in [5.41, 5.74) is 1.09. The van der Waals surface area contributed by atoms with E-state index in [2.05, 4.69) is 10.6 Å². The molecule has 0 bridgehead atoms. The number of nitrogens with one attached hydrogen (secondary N) is 2. The first-order chi connectivity index (χ1) is 12.9. The first-order valence-corrected chi connectivity index (χ1v) is 8.83. The largest absolute Gasteiger partial charge is 0.493 e. The molecule has 2 N–H and O–H groups in total. The highest BCUT2D eigenvalue weighted by molar-refractivity contribution is 6.30. The van der Waals surface area contributed by atoms with Gasteiger partial charge in [0.2, 0.25) is 0 Å². The number of halogens is 1. The molecule has 0 saturated heterocycles. The maximum absolute atomic E-state index is 12.2. The third-order valence-electron chi connectivity index (χ3n) is 4.37. The van der Waals surface area contributed by atoms with Crippen molar-refractivity contribution in [2.45, 2.75) is 19.1 Å². The molecule has 0 aromatic heterocycles. The van der Waals surface area contributed by atoms with E-state index in [1.165, 1.54) is 0 Å². The van der Waals surface area contributed by atoms with Crippen molar-refractivity contribution in [3.05, 3.63) is 58.6 Å². The quantitative estimate of drug-likeness (QED) is 0.718. The van der Waals surface area contributed by atoms with E-state index in [0.29, 0.717) is 29.6 Å². The fourth-order valence-corrected chi connectivity index (χ4v) is 2.78. The Balaban J connectivity index is 1.93. The zero-order valence-electron chi connectivity index (χ0n) is 16.0. The molecular weight excluding hydrogens is 368 g/mol. The van der Waals surface area contributed by atoms with Gasteiger partial charge in [-0.25, -0.2) is 4.79 Å². The molecule has 1 atom stereocenters. The Bertz CT molecular complexity index is 784. The SMILES string of the molecule is COc1ccc(CNC(=O)NCC(C)(OC)c2cccc(Cl)c2)cc1OC. The van der Waals surface area contributed by atoms with Crippen molar-refractivity contribution in [2.75, 3.05) is 27.9 Å². The third-order valence-corrected chi connectivity index (χ3v) is 4.61. The van der Waals surface area contributed by atoms with Crippen LogP contribution in [0.1, 0.15) is 18.1 Å². The van der Waals surface area contributed by atoms with E-state index in [4.69, 9.17) is 25.8 Å². The van der Waals surface area contributed by atoms with Crippen LogP contribution in [0.15, 0.2) is 42.5 Å². The fraction of sp³-hybridized carbons (Fsp3) is 0.350. The molecule has 0 aliphatic rings. The van der Waals surface area contributed by atoms with Crippen molar-refractivity contribution >= 4 is 17.6 Å². The van der Waals surface area contributed by atoms with Gasteiger partial charge in [0, 0.05) is 18.7 Å². The number of hydrogen-bond donors (Lipinski definition) is 2. The molecule has 7 heteroatoms.